The maximum absolute atomic E-state index is 5.74. The van der Waals surface area contributed by atoms with Gasteiger partial charge in [0.2, 0.25) is 0 Å². The molecule has 0 aliphatic carbocycles. The van der Waals surface area contributed by atoms with Crippen molar-refractivity contribution in [3.8, 4) is 10.6 Å². The molecule has 0 bridgehead atoms. The lowest BCUT2D eigenvalue weighted by Crippen LogP contribution is -1.76. The van der Waals surface area contributed by atoms with Gasteiger partial charge in [0.15, 0.2) is 0 Å². The van der Waals surface area contributed by atoms with Gasteiger partial charge >= 0.3 is 0 Å². The van der Waals surface area contributed by atoms with Gasteiger partial charge in [-0.2, -0.15) is 0 Å². The maximum Gasteiger partial charge on any atom is 0.140 e. The fraction of sp³-hybridized carbons (Fsp3) is 0.100. The molecule has 0 N–H and O–H groups in total. The Morgan fingerprint density at radius 3 is 2.46 bits per heavy atom. The molecular formula is C10H8ClNS. The largest absolute Gasteiger partial charge is 0.224 e. The zero-order valence-corrected chi connectivity index (χ0v) is 8.69. The van der Waals surface area contributed by atoms with E-state index >= 15 is 0 Å². The molecule has 0 spiro atoms. The van der Waals surface area contributed by atoms with Crippen LogP contribution < -0.4 is 0 Å². The fourth-order valence-corrected chi connectivity index (χ4v) is 2.04. The van der Waals surface area contributed by atoms with Crippen LogP contribution in [0.1, 0.15) is 5.56 Å². The van der Waals surface area contributed by atoms with Crippen molar-refractivity contribution in [1.82, 2.24) is 4.98 Å². The highest BCUT2D eigenvalue weighted by Crippen LogP contribution is 2.25. The van der Waals surface area contributed by atoms with Crippen LogP contribution >= 0.6 is 22.9 Å². The summed E-state index contributed by atoms with van der Waals surface area (Å²) in [6.45, 7) is 2.07. The first-order valence-corrected chi connectivity index (χ1v) is 5.19. The molecule has 0 aliphatic heterocycles. The average Bonchev–Trinajstić information content (AvgIpc) is 2.53. The van der Waals surface area contributed by atoms with Crippen molar-refractivity contribution in [2.45, 2.75) is 6.92 Å². The molecule has 2 rings (SSSR count). The van der Waals surface area contributed by atoms with Gasteiger partial charge in [0.05, 0.1) is 0 Å². The summed E-state index contributed by atoms with van der Waals surface area (Å²) in [5, 5.41) is 3.39. The molecule has 1 nitrogen and oxygen atoms in total. The van der Waals surface area contributed by atoms with E-state index in [9.17, 15) is 0 Å². The molecule has 0 radical (unpaired) electrons. The van der Waals surface area contributed by atoms with Crippen LogP contribution in [-0.4, -0.2) is 4.98 Å². The third-order valence-electron chi connectivity index (χ3n) is 1.77. The molecule has 1 heterocycles. The first-order chi connectivity index (χ1) is 6.25. The first-order valence-electron chi connectivity index (χ1n) is 3.94. The summed E-state index contributed by atoms with van der Waals surface area (Å²) in [7, 11) is 0. The Hall–Kier alpha value is -0.860. The van der Waals surface area contributed by atoms with Crippen molar-refractivity contribution < 1.29 is 0 Å². The molecule has 0 unspecified atom stereocenters. The number of hydrogen-bond acceptors (Lipinski definition) is 2. The summed E-state index contributed by atoms with van der Waals surface area (Å²) in [4.78, 5) is 4.19. The van der Waals surface area contributed by atoms with Crippen LogP contribution in [0.5, 0.6) is 0 Å². The molecule has 3 heteroatoms. The SMILES string of the molecule is Cc1ccc(-c2nc(Cl)cs2)cc1. The van der Waals surface area contributed by atoms with Crippen LogP contribution in [0.2, 0.25) is 5.15 Å². The van der Waals surface area contributed by atoms with E-state index in [4.69, 9.17) is 11.6 Å². The molecule has 0 atom stereocenters. The lowest BCUT2D eigenvalue weighted by Gasteiger charge is -1.95. The van der Waals surface area contributed by atoms with Crippen molar-refractivity contribution in [3.05, 3.63) is 40.4 Å². The van der Waals surface area contributed by atoms with E-state index < -0.39 is 0 Å². The monoisotopic (exact) mass is 209 g/mol. The van der Waals surface area contributed by atoms with Crippen LogP contribution in [-0.2, 0) is 0 Å². The molecule has 0 saturated carbocycles. The predicted octanol–water partition coefficient (Wildman–Crippen LogP) is 3.77. The van der Waals surface area contributed by atoms with E-state index in [1.54, 1.807) is 11.3 Å². The number of aromatic nitrogens is 1. The molecule has 1 aromatic heterocycles. The topological polar surface area (TPSA) is 12.9 Å². The Morgan fingerprint density at radius 1 is 1.23 bits per heavy atom. The first kappa shape index (κ1) is 8.73. The van der Waals surface area contributed by atoms with Gasteiger partial charge in [-0.3, -0.25) is 0 Å². The van der Waals surface area contributed by atoms with E-state index in [0.29, 0.717) is 5.15 Å². The molecule has 0 fully saturated rings. The highest BCUT2D eigenvalue weighted by atomic mass is 35.5. The van der Waals surface area contributed by atoms with Gasteiger partial charge in [0.1, 0.15) is 10.2 Å². The second-order valence-electron chi connectivity index (χ2n) is 2.84. The lowest BCUT2D eigenvalue weighted by atomic mass is 10.2. The summed E-state index contributed by atoms with van der Waals surface area (Å²) in [5.74, 6) is 0. The van der Waals surface area contributed by atoms with Crippen molar-refractivity contribution >= 4 is 22.9 Å². The number of thiazole rings is 1. The van der Waals surface area contributed by atoms with Crippen LogP contribution in [0.25, 0.3) is 10.6 Å². The van der Waals surface area contributed by atoms with E-state index in [1.807, 2.05) is 5.38 Å². The Kier molecular flexibility index (Phi) is 2.34. The molecule has 1 aromatic carbocycles. The van der Waals surface area contributed by atoms with Gasteiger partial charge in [0.25, 0.3) is 0 Å². The fourth-order valence-electron chi connectivity index (χ4n) is 1.08. The number of hydrogen-bond donors (Lipinski definition) is 0. The smallest absolute Gasteiger partial charge is 0.140 e. The van der Waals surface area contributed by atoms with Gasteiger partial charge in [-0.05, 0) is 6.92 Å². The summed E-state index contributed by atoms with van der Waals surface area (Å²) >= 11 is 7.31. The van der Waals surface area contributed by atoms with Crippen LogP contribution in [0, 0.1) is 6.92 Å². The Morgan fingerprint density at radius 2 is 1.92 bits per heavy atom. The second kappa shape index (κ2) is 3.48. The summed E-state index contributed by atoms with van der Waals surface area (Å²) < 4.78 is 0. The second-order valence-corrected chi connectivity index (χ2v) is 4.09. The molecular weight excluding hydrogens is 202 g/mol. The summed E-state index contributed by atoms with van der Waals surface area (Å²) in [6, 6.07) is 8.27. The molecule has 66 valence electrons. The Labute approximate surface area is 86.0 Å². The zero-order chi connectivity index (χ0) is 9.26. The van der Waals surface area contributed by atoms with Crippen molar-refractivity contribution in [3.63, 3.8) is 0 Å². The minimum Gasteiger partial charge on any atom is -0.224 e. The average molecular weight is 210 g/mol. The quantitative estimate of drug-likeness (QED) is 0.697. The number of nitrogens with zero attached hydrogens (tertiary/aromatic N) is 1. The number of rotatable bonds is 1. The van der Waals surface area contributed by atoms with Gasteiger partial charge < -0.3 is 0 Å². The van der Waals surface area contributed by atoms with Gasteiger partial charge in [-0.25, -0.2) is 4.98 Å². The highest BCUT2D eigenvalue weighted by molar-refractivity contribution is 7.13. The summed E-state index contributed by atoms with van der Waals surface area (Å²) in [6.07, 6.45) is 0. The molecule has 0 saturated heterocycles. The Bertz CT molecular complexity index is 405. The zero-order valence-electron chi connectivity index (χ0n) is 7.12. The molecule has 13 heavy (non-hydrogen) atoms. The third kappa shape index (κ3) is 1.90. The van der Waals surface area contributed by atoms with Crippen LogP contribution in [0.3, 0.4) is 0 Å². The molecule has 0 amide bonds. The number of benzene rings is 1. The lowest BCUT2D eigenvalue weighted by molar-refractivity contribution is 1.40. The highest BCUT2D eigenvalue weighted by Gasteiger charge is 2.01. The Balaban J connectivity index is 2.41. The maximum atomic E-state index is 5.74. The minimum atomic E-state index is 0.570. The van der Waals surface area contributed by atoms with Gasteiger partial charge in [0, 0.05) is 10.9 Å². The van der Waals surface area contributed by atoms with E-state index in [1.165, 1.54) is 5.56 Å². The van der Waals surface area contributed by atoms with E-state index in [2.05, 4.69) is 36.2 Å². The predicted molar refractivity (Wildman–Crippen MR) is 57.3 cm³/mol. The van der Waals surface area contributed by atoms with E-state index in [0.717, 1.165) is 10.6 Å². The third-order valence-corrected chi connectivity index (χ3v) is 2.99. The normalized spacial score (nSPS) is 10.3. The molecule has 0 aliphatic rings. The summed E-state index contributed by atoms with van der Waals surface area (Å²) in [5.41, 5.74) is 2.38. The van der Waals surface area contributed by atoms with Crippen molar-refractivity contribution in [2.75, 3.05) is 0 Å². The van der Waals surface area contributed by atoms with Crippen molar-refractivity contribution in [2.24, 2.45) is 0 Å². The number of halogens is 1. The van der Waals surface area contributed by atoms with Crippen molar-refractivity contribution in [1.29, 1.82) is 0 Å². The van der Waals surface area contributed by atoms with Crippen LogP contribution in [0.15, 0.2) is 29.6 Å². The minimum absolute atomic E-state index is 0.570. The standard InChI is InChI=1S/C10H8ClNS/c1-7-2-4-8(5-3-7)10-12-9(11)6-13-10/h2-6H,1H3. The van der Waals surface area contributed by atoms with E-state index in [-0.39, 0.29) is 0 Å². The van der Waals surface area contributed by atoms with Crippen LogP contribution in [0.4, 0.5) is 0 Å². The molecule has 2 aromatic rings. The number of aryl methyl sites for hydroxylation is 1. The van der Waals surface area contributed by atoms with Gasteiger partial charge in [-0.1, -0.05) is 41.4 Å². The van der Waals surface area contributed by atoms with Gasteiger partial charge in [-0.15, -0.1) is 11.3 Å².